The molecule has 1 saturated heterocycles. The number of nitrogens with one attached hydrogen (secondary N) is 1. The van der Waals surface area contributed by atoms with E-state index in [9.17, 15) is 14.9 Å². The quantitative estimate of drug-likeness (QED) is 0.612. The van der Waals surface area contributed by atoms with Crippen LogP contribution in [0.3, 0.4) is 0 Å². The maximum absolute atomic E-state index is 12.4. The van der Waals surface area contributed by atoms with Gasteiger partial charge >= 0.3 is 0 Å². The van der Waals surface area contributed by atoms with Crippen LogP contribution >= 0.6 is 11.6 Å². The van der Waals surface area contributed by atoms with Crippen LogP contribution in [0, 0.1) is 10.1 Å². The molecule has 1 aliphatic rings. The van der Waals surface area contributed by atoms with E-state index in [1.165, 1.54) is 43.9 Å². The monoisotopic (exact) mass is 373 g/mol. The van der Waals surface area contributed by atoms with Crippen molar-refractivity contribution in [3.63, 3.8) is 0 Å². The second kappa shape index (κ2) is 8.19. The number of rotatable bonds is 4. The Hall–Kier alpha value is -2.60. The maximum Gasteiger partial charge on any atom is 0.270 e. The normalized spacial score (nSPS) is 14.6. The molecule has 1 N–H and O–H groups in total. The van der Waals surface area contributed by atoms with Crippen molar-refractivity contribution in [3.8, 4) is 0 Å². The van der Waals surface area contributed by atoms with E-state index in [1.807, 2.05) is 24.3 Å². The Kier molecular flexibility index (Phi) is 5.73. The molecule has 1 fully saturated rings. The average Bonchev–Trinajstić information content (AvgIpc) is 2.92. The molecule has 0 radical (unpaired) electrons. The van der Waals surface area contributed by atoms with Gasteiger partial charge in [0.15, 0.2) is 0 Å². The first kappa shape index (κ1) is 18.2. The number of benzene rings is 2. The third-order valence-corrected chi connectivity index (χ3v) is 4.83. The van der Waals surface area contributed by atoms with Gasteiger partial charge in [-0.3, -0.25) is 14.9 Å². The van der Waals surface area contributed by atoms with Crippen LogP contribution in [0.25, 0.3) is 0 Å². The molecule has 7 heteroatoms. The molecule has 1 amide bonds. The summed E-state index contributed by atoms with van der Waals surface area (Å²) in [4.78, 5) is 25.1. The Morgan fingerprint density at radius 3 is 2.31 bits per heavy atom. The lowest BCUT2D eigenvalue weighted by atomic mass is 10.1. The van der Waals surface area contributed by atoms with Crippen LogP contribution in [0.1, 0.15) is 36.0 Å². The molecule has 0 unspecified atom stereocenters. The van der Waals surface area contributed by atoms with Crippen molar-refractivity contribution in [1.29, 1.82) is 0 Å². The Labute approximate surface area is 156 Å². The van der Waals surface area contributed by atoms with Crippen LogP contribution < -0.4 is 10.2 Å². The van der Waals surface area contributed by atoms with Crippen molar-refractivity contribution in [3.05, 3.63) is 63.2 Å². The number of non-ortho nitro benzene ring substituents is 1. The number of hydrogen-bond donors (Lipinski definition) is 1. The topological polar surface area (TPSA) is 75.5 Å². The Morgan fingerprint density at radius 2 is 1.69 bits per heavy atom. The van der Waals surface area contributed by atoms with E-state index in [4.69, 9.17) is 11.6 Å². The standard InChI is InChI=1S/C19H20ClN3O3/c20-18-10-9-16(23(25)26)13-17(18)19(24)21-14-5-7-15(8-6-14)22-11-3-1-2-4-12-22/h5-10,13H,1-4,11-12H2,(H,21,24). The number of nitro groups is 1. The van der Waals surface area contributed by atoms with Crippen LogP contribution in [-0.4, -0.2) is 23.9 Å². The highest BCUT2D eigenvalue weighted by atomic mass is 35.5. The van der Waals surface area contributed by atoms with Gasteiger partial charge < -0.3 is 10.2 Å². The molecule has 1 heterocycles. The van der Waals surface area contributed by atoms with Crippen LogP contribution in [0.15, 0.2) is 42.5 Å². The number of halogens is 1. The van der Waals surface area contributed by atoms with Crippen LogP contribution in [-0.2, 0) is 0 Å². The van der Waals surface area contributed by atoms with Gasteiger partial charge in [0.05, 0.1) is 15.5 Å². The number of anilines is 2. The van der Waals surface area contributed by atoms with Gasteiger partial charge in [0.25, 0.3) is 11.6 Å². The summed E-state index contributed by atoms with van der Waals surface area (Å²) in [5, 5.41) is 13.8. The van der Waals surface area contributed by atoms with Crippen molar-refractivity contribution in [2.45, 2.75) is 25.7 Å². The molecule has 1 aliphatic heterocycles. The second-order valence-electron chi connectivity index (χ2n) is 6.32. The minimum absolute atomic E-state index is 0.0810. The molecule has 0 spiro atoms. The maximum atomic E-state index is 12.4. The zero-order valence-corrected chi connectivity index (χ0v) is 15.0. The Balaban J connectivity index is 1.71. The third kappa shape index (κ3) is 4.32. The zero-order valence-electron chi connectivity index (χ0n) is 14.3. The van der Waals surface area contributed by atoms with E-state index in [2.05, 4.69) is 10.2 Å². The lowest BCUT2D eigenvalue weighted by Crippen LogP contribution is -2.23. The van der Waals surface area contributed by atoms with Gasteiger partial charge in [-0.25, -0.2) is 0 Å². The number of nitro benzene ring substituents is 1. The van der Waals surface area contributed by atoms with Gasteiger partial charge in [-0.05, 0) is 43.2 Å². The molecule has 0 aliphatic carbocycles. The highest BCUT2D eigenvalue weighted by Crippen LogP contribution is 2.25. The average molecular weight is 374 g/mol. The lowest BCUT2D eigenvalue weighted by molar-refractivity contribution is -0.384. The van der Waals surface area contributed by atoms with Crippen LogP contribution in [0.4, 0.5) is 17.1 Å². The van der Waals surface area contributed by atoms with Gasteiger partial charge in [-0.15, -0.1) is 0 Å². The van der Waals surface area contributed by atoms with Crippen molar-refractivity contribution >= 4 is 34.6 Å². The first-order valence-corrected chi connectivity index (χ1v) is 9.03. The number of carbonyl (C=O) groups is 1. The predicted molar refractivity (Wildman–Crippen MR) is 103 cm³/mol. The summed E-state index contributed by atoms with van der Waals surface area (Å²) in [5.41, 5.74) is 1.67. The van der Waals surface area contributed by atoms with Gasteiger partial charge in [0.2, 0.25) is 0 Å². The molecule has 0 aromatic heterocycles. The molecule has 0 saturated carbocycles. The molecule has 6 nitrogen and oxygen atoms in total. The van der Waals surface area contributed by atoms with E-state index < -0.39 is 10.8 Å². The number of nitrogens with zero attached hydrogens (tertiary/aromatic N) is 2. The van der Waals surface area contributed by atoms with Crippen LogP contribution in [0.2, 0.25) is 5.02 Å². The minimum atomic E-state index is -0.552. The lowest BCUT2D eigenvalue weighted by Gasteiger charge is -2.22. The predicted octanol–water partition coefficient (Wildman–Crippen LogP) is 4.88. The van der Waals surface area contributed by atoms with Crippen molar-refractivity contribution in [1.82, 2.24) is 0 Å². The summed E-state index contributed by atoms with van der Waals surface area (Å²) in [6.07, 6.45) is 4.94. The summed E-state index contributed by atoms with van der Waals surface area (Å²) >= 11 is 6.01. The minimum Gasteiger partial charge on any atom is -0.372 e. The van der Waals surface area contributed by atoms with E-state index in [1.54, 1.807) is 0 Å². The molecular weight excluding hydrogens is 354 g/mol. The molecule has 0 atom stereocenters. The number of hydrogen-bond acceptors (Lipinski definition) is 4. The summed E-state index contributed by atoms with van der Waals surface area (Å²) in [7, 11) is 0. The number of amides is 1. The highest BCUT2D eigenvalue weighted by Gasteiger charge is 2.16. The molecule has 136 valence electrons. The SMILES string of the molecule is O=C(Nc1ccc(N2CCCCCC2)cc1)c1cc([N+](=O)[O-])ccc1Cl. The van der Waals surface area contributed by atoms with Gasteiger partial charge in [-0.1, -0.05) is 24.4 Å². The van der Waals surface area contributed by atoms with E-state index in [0.717, 1.165) is 18.8 Å². The van der Waals surface area contributed by atoms with Gasteiger partial charge in [0.1, 0.15) is 0 Å². The molecule has 2 aromatic rings. The number of carbonyl (C=O) groups excluding carboxylic acids is 1. The fourth-order valence-electron chi connectivity index (χ4n) is 3.08. The van der Waals surface area contributed by atoms with Crippen molar-refractivity contribution in [2.75, 3.05) is 23.3 Å². The molecule has 3 rings (SSSR count). The molecule has 0 bridgehead atoms. The summed E-state index contributed by atoms with van der Waals surface area (Å²) in [5.74, 6) is -0.471. The fourth-order valence-corrected chi connectivity index (χ4v) is 3.29. The Morgan fingerprint density at radius 1 is 1.04 bits per heavy atom. The van der Waals surface area contributed by atoms with Gasteiger partial charge in [0, 0.05) is 36.6 Å². The molecular formula is C19H20ClN3O3. The van der Waals surface area contributed by atoms with Crippen molar-refractivity contribution in [2.24, 2.45) is 0 Å². The second-order valence-corrected chi connectivity index (χ2v) is 6.73. The van der Waals surface area contributed by atoms with Crippen LogP contribution in [0.5, 0.6) is 0 Å². The first-order valence-electron chi connectivity index (χ1n) is 8.65. The molecule has 2 aromatic carbocycles. The third-order valence-electron chi connectivity index (χ3n) is 4.50. The smallest absolute Gasteiger partial charge is 0.270 e. The summed E-state index contributed by atoms with van der Waals surface area (Å²) in [6, 6.07) is 11.5. The Bertz CT molecular complexity index is 800. The zero-order chi connectivity index (χ0) is 18.5. The van der Waals surface area contributed by atoms with E-state index in [0.29, 0.717) is 5.69 Å². The highest BCUT2D eigenvalue weighted by molar-refractivity contribution is 6.34. The van der Waals surface area contributed by atoms with Gasteiger partial charge in [-0.2, -0.15) is 0 Å². The van der Waals surface area contributed by atoms with E-state index >= 15 is 0 Å². The van der Waals surface area contributed by atoms with E-state index in [-0.39, 0.29) is 16.3 Å². The summed E-state index contributed by atoms with van der Waals surface area (Å²) < 4.78 is 0. The first-order chi connectivity index (χ1) is 12.5. The fraction of sp³-hybridized carbons (Fsp3) is 0.316. The molecule has 26 heavy (non-hydrogen) atoms. The van der Waals surface area contributed by atoms with Crippen molar-refractivity contribution < 1.29 is 9.72 Å². The largest absolute Gasteiger partial charge is 0.372 e. The summed E-state index contributed by atoms with van der Waals surface area (Å²) in [6.45, 7) is 2.10.